The highest BCUT2D eigenvalue weighted by Gasteiger charge is 2.36. The van der Waals surface area contributed by atoms with E-state index in [9.17, 15) is 0 Å². The zero-order valence-electron chi connectivity index (χ0n) is 8.66. The summed E-state index contributed by atoms with van der Waals surface area (Å²) in [6.45, 7) is 14.6. The van der Waals surface area contributed by atoms with Crippen LogP contribution < -0.4 is 0 Å². The zero-order chi connectivity index (χ0) is 9.28. The van der Waals surface area contributed by atoms with E-state index in [0.717, 1.165) is 11.0 Å². The quantitative estimate of drug-likeness (QED) is 0.489. The van der Waals surface area contributed by atoms with E-state index in [4.69, 9.17) is 11.6 Å². The maximum absolute atomic E-state index is 6.01. The van der Waals surface area contributed by atoms with Gasteiger partial charge in [0.05, 0.1) is 0 Å². The van der Waals surface area contributed by atoms with E-state index in [1.807, 2.05) is 0 Å². The summed E-state index contributed by atoms with van der Waals surface area (Å²) in [5.41, 5.74) is 0. The van der Waals surface area contributed by atoms with Crippen molar-refractivity contribution in [2.75, 3.05) is 5.88 Å². The molecule has 0 aliphatic rings. The number of hydrogen-bond donors (Lipinski definition) is 0. The third-order valence-corrected chi connectivity index (χ3v) is 12.9. The number of alkyl halides is 1. The van der Waals surface area contributed by atoms with Gasteiger partial charge in [0, 0.05) is 22.0 Å². The predicted octanol–water partition coefficient (Wildman–Crippen LogP) is 3.81. The van der Waals surface area contributed by atoms with Crippen LogP contribution in [0.3, 0.4) is 0 Å². The molecule has 0 nitrogen and oxygen atoms in total. The first-order valence-corrected chi connectivity index (χ1v) is 11.9. The molecule has 68 valence electrons. The lowest BCUT2D eigenvalue weighted by Crippen LogP contribution is -2.44. The Bertz CT molecular complexity index is 107. The molecule has 0 saturated carbocycles. The third kappa shape index (κ3) is 3.76. The van der Waals surface area contributed by atoms with Gasteiger partial charge in [-0.2, -0.15) is 0 Å². The van der Waals surface area contributed by atoms with Gasteiger partial charge in [-0.3, -0.25) is 0 Å². The molecule has 0 aromatic rings. The second-order valence-electron chi connectivity index (χ2n) is 5.44. The standard InChI is InChI=1S/C8H21ClSi2/c1-10(2,3)8(7-9)11(4,5)6/h8H,7H2,1-6H3. The highest BCUT2D eigenvalue weighted by Crippen LogP contribution is 2.32. The fraction of sp³-hybridized carbons (Fsp3) is 1.00. The Hall–Kier alpha value is 0.724. The van der Waals surface area contributed by atoms with Gasteiger partial charge in [-0.15, -0.1) is 11.6 Å². The molecule has 0 aliphatic heterocycles. The number of rotatable bonds is 3. The van der Waals surface area contributed by atoms with Crippen LogP contribution in [-0.2, 0) is 0 Å². The normalized spacial score (nSPS) is 14.2. The largest absolute Gasteiger partial charge is 0.127 e. The van der Waals surface area contributed by atoms with Crippen molar-refractivity contribution in [2.24, 2.45) is 0 Å². The second kappa shape index (κ2) is 3.63. The lowest BCUT2D eigenvalue weighted by molar-refractivity contribution is 1.18. The first-order valence-electron chi connectivity index (χ1n) is 4.25. The molecule has 0 unspecified atom stereocenters. The molecule has 0 rings (SSSR count). The molecule has 0 radical (unpaired) electrons. The third-order valence-electron chi connectivity index (χ3n) is 2.25. The van der Waals surface area contributed by atoms with Gasteiger partial charge < -0.3 is 0 Å². The highest BCUT2D eigenvalue weighted by molar-refractivity contribution is 6.97. The first kappa shape index (κ1) is 11.7. The van der Waals surface area contributed by atoms with Gasteiger partial charge in [-0.1, -0.05) is 39.3 Å². The summed E-state index contributed by atoms with van der Waals surface area (Å²) in [5, 5.41) is 0.858. The molecular formula is C8H21ClSi2. The SMILES string of the molecule is C[Si](C)(C)C(CCl)[Si](C)(C)C. The predicted molar refractivity (Wildman–Crippen MR) is 61.2 cm³/mol. The topological polar surface area (TPSA) is 0 Å². The van der Waals surface area contributed by atoms with E-state index in [1.165, 1.54) is 0 Å². The minimum absolute atomic E-state index is 0.858. The minimum Gasteiger partial charge on any atom is -0.127 e. The molecule has 0 fully saturated rings. The lowest BCUT2D eigenvalue weighted by atomic mass is 10.9. The van der Waals surface area contributed by atoms with Gasteiger partial charge in [-0.05, 0) is 5.16 Å². The molecule has 11 heavy (non-hydrogen) atoms. The van der Waals surface area contributed by atoms with Crippen molar-refractivity contribution >= 4 is 27.7 Å². The van der Waals surface area contributed by atoms with Crippen molar-refractivity contribution in [1.82, 2.24) is 0 Å². The van der Waals surface area contributed by atoms with E-state index in [-0.39, 0.29) is 0 Å². The molecule has 0 saturated heterocycles. The average molecular weight is 209 g/mol. The summed E-state index contributed by atoms with van der Waals surface area (Å²) in [6, 6.07) is 0. The fourth-order valence-corrected chi connectivity index (χ4v) is 15.9. The van der Waals surface area contributed by atoms with Crippen LogP contribution in [0.25, 0.3) is 0 Å². The van der Waals surface area contributed by atoms with Crippen LogP contribution in [0.1, 0.15) is 0 Å². The van der Waals surface area contributed by atoms with Crippen LogP contribution >= 0.6 is 11.6 Å². The Morgan fingerprint density at radius 3 is 1.18 bits per heavy atom. The molecule has 0 atom stereocenters. The van der Waals surface area contributed by atoms with Gasteiger partial charge >= 0.3 is 0 Å². The van der Waals surface area contributed by atoms with Gasteiger partial charge in [0.25, 0.3) is 0 Å². The number of hydrogen-bond acceptors (Lipinski definition) is 0. The maximum atomic E-state index is 6.01. The Kier molecular flexibility index (Phi) is 3.86. The second-order valence-corrected chi connectivity index (χ2v) is 17.2. The molecular weight excluding hydrogens is 188 g/mol. The van der Waals surface area contributed by atoms with Crippen molar-refractivity contribution < 1.29 is 0 Å². The molecule has 0 N–H and O–H groups in total. The summed E-state index contributed by atoms with van der Waals surface area (Å²) >= 11 is 6.01. The molecule has 0 bridgehead atoms. The molecule has 0 aliphatic carbocycles. The summed E-state index contributed by atoms with van der Waals surface area (Å²) in [7, 11) is -1.98. The Labute approximate surface area is 78.4 Å². The van der Waals surface area contributed by atoms with Gasteiger partial charge in [0.1, 0.15) is 0 Å². The molecule has 0 aromatic heterocycles. The van der Waals surface area contributed by atoms with Crippen LogP contribution in [0, 0.1) is 0 Å². The monoisotopic (exact) mass is 208 g/mol. The summed E-state index contributed by atoms with van der Waals surface area (Å²) < 4.78 is 0. The molecule has 0 aromatic carbocycles. The van der Waals surface area contributed by atoms with Gasteiger partial charge in [0.2, 0.25) is 0 Å². The highest BCUT2D eigenvalue weighted by atomic mass is 35.5. The molecule has 0 heterocycles. The zero-order valence-corrected chi connectivity index (χ0v) is 11.4. The molecule has 0 spiro atoms. The van der Waals surface area contributed by atoms with Crippen LogP contribution in [-0.4, -0.2) is 22.0 Å². The van der Waals surface area contributed by atoms with Crippen molar-refractivity contribution in [3.8, 4) is 0 Å². The van der Waals surface area contributed by atoms with E-state index in [0.29, 0.717) is 0 Å². The lowest BCUT2D eigenvalue weighted by Gasteiger charge is -2.36. The number of halogens is 1. The fourth-order valence-electron chi connectivity index (χ4n) is 1.76. The maximum Gasteiger partial charge on any atom is 0.0459 e. The van der Waals surface area contributed by atoms with E-state index < -0.39 is 16.1 Å². The van der Waals surface area contributed by atoms with Crippen LogP contribution in [0.15, 0.2) is 0 Å². The first-order chi connectivity index (χ1) is 4.69. The Morgan fingerprint density at radius 1 is 0.909 bits per heavy atom. The van der Waals surface area contributed by atoms with E-state index >= 15 is 0 Å². The van der Waals surface area contributed by atoms with Crippen molar-refractivity contribution in [1.29, 1.82) is 0 Å². The Balaban J connectivity index is 4.43. The van der Waals surface area contributed by atoms with E-state index in [2.05, 4.69) is 39.3 Å². The average Bonchev–Trinajstić information content (AvgIpc) is 1.56. The van der Waals surface area contributed by atoms with Gasteiger partial charge in [0.15, 0.2) is 0 Å². The van der Waals surface area contributed by atoms with Crippen molar-refractivity contribution in [3.05, 3.63) is 0 Å². The van der Waals surface area contributed by atoms with Crippen LogP contribution in [0.2, 0.25) is 44.4 Å². The Morgan fingerprint density at radius 2 is 1.18 bits per heavy atom. The summed E-state index contributed by atoms with van der Waals surface area (Å²) in [4.78, 5) is 0. The van der Waals surface area contributed by atoms with Crippen LogP contribution in [0.4, 0.5) is 0 Å². The summed E-state index contributed by atoms with van der Waals surface area (Å²) in [5.74, 6) is 0.880. The van der Waals surface area contributed by atoms with Crippen LogP contribution in [0.5, 0.6) is 0 Å². The van der Waals surface area contributed by atoms with Crippen molar-refractivity contribution in [3.63, 3.8) is 0 Å². The van der Waals surface area contributed by atoms with Crippen molar-refractivity contribution in [2.45, 2.75) is 44.4 Å². The smallest absolute Gasteiger partial charge is 0.0459 e. The molecule has 0 amide bonds. The van der Waals surface area contributed by atoms with Gasteiger partial charge in [-0.25, -0.2) is 0 Å². The summed E-state index contributed by atoms with van der Waals surface area (Å²) in [6.07, 6.45) is 0. The molecule has 3 heteroatoms. The van der Waals surface area contributed by atoms with E-state index in [1.54, 1.807) is 0 Å². The minimum atomic E-state index is -0.992.